The molecule has 0 unspecified atom stereocenters. The van der Waals surface area contributed by atoms with Gasteiger partial charge in [-0.2, -0.15) is 0 Å². The fraction of sp³-hybridized carbons (Fsp3) is 0.538. The summed E-state index contributed by atoms with van der Waals surface area (Å²) in [4.78, 5) is 16.2. The van der Waals surface area contributed by atoms with Crippen LogP contribution in [-0.4, -0.2) is 36.7 Å². The zero-order valence-electron chi connectivity index (χ0n) is 11.4. The van der Waals surface area contributed by atoms with E-state index in [2.05, 4.69) is 15.6 Å². The lowest BCUT2D eigenvalue weighted by Crippen LogP contribution is -2.46. The molecule has 0 saturated carbocycles. The molecule has 0 atom stereocenters. The van der Waals surface area contributed by atoms with E-state index in [1.54, 1.807) is 25.6 Å². The molecule has 2 N–H and O–H groups in total. The van der Waals surface area contributed by atoms with Crippen LogP contribution in [0.15, 0.2) is 18.5 Å². The van der Waals surface area contributed by atoms with Crippen molar-refractivity contribution in [2.75, 3.05) is 25.6 Å². The molecular formula is C13H21N3O2. The van der Waals surface area contributed by atoms with Crippen LogP contribution in [0, 0.1) is 0 Å². The van der Waals surface area contributed by atoms with Crippen LogP contribution in [0.1, 0.15) is 31.1 Å². The first-order valence-electron chi connectivity index (χ1n) is 5.99. The number of nitrogens with zero attached hydrogens (tertiary/aromatic N) is 1. The Labute approximate surface area is 108 Å². The first-order valence-corrected chi connectivity index (χ1v) is 5.99. The highest BCUT2D eigenvalue weighted by Crippen LogP contribution is 2.14. The summed E-state index contributed by atoms with van der Waals surface area (Å²) in [5, 5.41) is 6.06. The monoisotopic (exact) mass is 251 g/mol. The lowest BCUT2D eigenvalue weighted by molar-refractivity contribution is 0.0820. The highest BCUT2D eigenvalue weighted by Gasteiger charge is 2.22. The second-order valence-corrected chi connectivity index (χ2v) is 4.72. The van der Waals surface area contributed by atoms with Crippen molar-refractivity contribution < 1.29 is 9.53 Å². The van der Waals surface area contributed by atoms with E-state index < -0.39 is 5.54 Å². The number of methoxy groups -OCH3 is 1. The van der Waals surface area contributed by atoms with Crippen molar-refractivity contribution in [2.45, 2.75) is 26.3 Å². The number of aromatic nitrogens is 1. The molecule has 0 radical (unpaired) electrons. The molecule has 1 heterocycles. The van der Waals surface area contributed by atoms with Crippen LogP contribution in [0.5, 0.6) is 0 Å². The van der Waals surface area contributed by atoms with Crippen molar-refractivity contribution in [3.63, 3.8) is 0 Å². The average Bonchev–Trinajstić information content (AvgIpc) is 2.29. The molecule has 5 heteroatoms. The SMILES string of the molecule is CCNc1cnccc1C(=O)NC(C)(C)COC. The number of carbonyl (C=O) groups is 1. The molecule has 0 spiro atoms. The molecule has 0 aliphatic rings. The van der Waals surface area contributed by atoms with Gasteiger partial charge in [0.05, 0.1) is 29.6 Å². The third-order valence-electron chi connectivity index (χ3n) is 2.39. The molecular weight excluding hydrogens is 230 g/mol. The summed E-state index contributed by atoms with van der Waals surface area (Å²) in [5.74, 6) is -0.129. The van der Waals surface area contributed by atoms with Crippen molar-refractivity contribution in [2.24, 2.45) is 0 Å². The summed E-state index contributed by atoms with van der Waals surface area (Å²) >= 11 is 0. The molecule has 18 heavy (non-hydrogen) atoms. The van der Waals surface area contributed by atoms with Gasteiger partial charge in [0.25, 0.3) is 5.91 Å². The summed E-state index contributed by atoms with van der Waals surface area (Å²) in [6, 6.07) is 1.70. The molecule has 0 aliphatic heterocycles. The number of nitrogens with one attached hydrogen (secondary N) is 2. The van der Waals surface area contributed by atoms with Crippen LogP contribution in [0.3, 0.4) is 0 Å². The van der Waals surface area contributed by atoms with Crippen LogP contribution in [0.2, 0.25) is 0 Å². The second kappa shape index (κ2) is 6.35. The minimum atomic E-state index is -0.404. The van der Waals surface area contributed by atoms with Gasteiger partial charge in [0, 0.05) is 19.9 Å². The number of amides is 1. The smallest absolute Gasteiger partial charge is 0.253 e. The van der Waals surface area contributed by atoms with E-state index in [1.807, 2.05) is 20.8 Å². The Morgan fingerprint density at radius 1 is 1.50 bits per heavy atom. The van der Waals surface area contributed by atoms with Gasteiger partial charge in [0.15, 0.2) is 0 Å². The van der Waals surface area contributed by atoms with Crippen molar-refractivity contribution in [1.82, 2.24) is 10.3 Å². The predicted octanol–water partition coefficient (Wildman–Crippen LogP) is 1.67. The van der Waals surface area contributed by atoms with Crippen LogP contribution in [-0.2, 0) is 4.74 Å². The van der Waals surface area contributed by atoms with Gasteiger partial charge in [-0.25, -0.2) is 0 Å². The maximum atomic E-state index is 12.2. The van der Waals surface area contributed by atoms with E-state index >= 15 is 0 Å². The Kier molecular flexibility index (Phi) is 5.09. The fourth-order valence-electron chi connectivity index (χ4n) is 1.70. The maximum absolute atomic E-state index is 12.2. The molecule has 1 rings (SSSR count). The third-order valence-corrected chi connectivity index (χ3v) is 2.39. The van der Waals surface area contributed by atoms with Crippen LogP contribution >= 0.6 is 0 Å². The molecule has 0 bridgehead atoms. The normalized spacial score (nSPS) is 11.1. The van der Waals surface area contributed by atoms with Gasteiger partial charge in [0.1, 0.15) is 0 Å². The highest BCUT2D eigenvalue weighted by molar-refractivity contribution is 5.99. The molecule has 100 valence electrons. The maximum Gasteiger partial charge on any atom is 0.253 e. The van der Waals surface area contributed by atoms with Crippen molar-refractivity contribution in [3.8, 4) is 0 Å². The Hall–Kier alpha value is -1.62. The van der Waals surface area contributed by atoms with Gasteiger partial charge >= 0.3 is 0 Å². The summed E-state index contributed by atoms with van der Waals surface area (Å²) in [6.45, 7) is 7.02. The molecule has 0 saturated heterocycles. The van der Waals surface area contributed by atoms with Gasteiger partial charge in [-0.3, -0.25) is 9.78 Å². The largest absolute Gasteiger partial charge is 0.383 e. The lowest BCUT2D eigenvalue weighted by atomic mass is 10.1. The van der Waals surface area contributed by atoms with Gasteiger partial charge in [0.2, 0.25) is 0 Å². The number of rotatable bonds is 6. The van der Waals surface area contributed by atoms with Gasteiger partial charge < -0.3 is 15.4 Å². The summed E-state index contributed by atoms with van der Waals surface area (Å²) in [6.07, 6.45) is 3.26. The summed E-state index contributed by atoms with van der Waals surface area (Å²) in [7, 11) is 1.62. The number of anilines is 1. The number of hydrogen-bond donors (Lipinski definition) is 2. The van der Waals surface area contributed by atoms with E-state index in [0.717, 1.165) is 12.2 Å². The fourth-order valence-corrected chi connectivity index (χ4v) is 1.70. The Balaban J connectivity index is 2.84. The Bertz CT molecular complexity index is 405. The molecule has 5 nitrogen and oxygen atoms in total. The highest BCUT2D eigenvalue weighted by atomic mass is 16.5. The van der Waals surface area contributed by atoms with Gasteiger partial charge in [-0.1, -0.05) is 0 Å². The molecule has 0 aromatic carbocycles. The topological polar surface area (TPSA) is 63.2 Å². The molecule has 1 amide bonds. The first-order chi connectivity index (χ1) is 8.50. The summed E-state index contributed by atoms with van der Waals surface area (Å²) < 4.78 is 5.08. The van der Waals surface area contributed by atoms with Crippen molar-refractivity contribution in [1.29, 1.82) is 0 Å². The van der Waals surface area contributed by atoms with Crippen LogP contribution < -0.4 is 10.6 Å². The first kappa shape index (κ1) is 14.4. The molecule has 0 fully saturated rings. The average molecular weight is 251 g/mol. The molecule has 1 aromatic rings. The Morgan fingerprint density at radius 3 is 2.83 bits per heavy atom. The molecule has 0 aliphatic carbocycles. The Morgan fingerprint density at radius 2 is 2.22 bits per heavy atom. The van der Waals surface area contributed by atoms with E-state index in [1.165, 1.54) is 0 Å². The van der Waals surface area contributed by atoms with E-state index in [9.17, 15) is 4.79 Å². The third kappa shape index (κ3) is 4.00. The van der Waals surface area contributed by atoms with Crippen LogP contribution in [0.4, 0.5) is 5.69 Å². The summed E-state index contributed by atoms with van der Waals surface area (Å²) in [5.41, 5.74) is 0.931. The van der Waals surface area contributed by atoms with Gasteiger partial charge in [-0.05, 0) is 26.8 Å². The van der Waals surface area contributed by atoms with E-state index in [4.69, 9.17) is 4.74 Å². The van der Waals surface area contributed by atoms with Crippen LogP contribution in [0.25, 0.3) is 0 Å². The second-order valence-electron chi connectivity index (χ2n) is 4.72. The zero-order chi connectivity index (χ0) is 13.6. The van der Waals surface area contributed by atoms with Crippen molar-refractivity contribution >= 4 is 11.6 Å². The minimum Gasteiger partial charge on any atom is -0.383 e. The quantitative estimate of drug-likeness (QED) is 0.807. The van der Waals surface area contributed by atoms with Crippen molar-refractivity contribution in [3.05, 3.63) is 24.0 Å². The zero-order valence-corrected chi connectivity index (χ0v) is 11.4. The number of pyridine rings is 1. The lowest BCUT2D eigenvalue weighted by Gasteiger charge is -2.25. The van der Waals surface area contributed by atoms with E-state index in [-0.39, 0.29) is 5.91 Å². The predicted molar refractivity (Wildman–Crippen MR) is 71.8 cm³/mol. The number of carbonyl (C=O) groups excluding carboxylic acids is 1. The standard InChI is InChI=1S/C13H21N3O2/c1-5-15-11-8-14-7-6-10(11)12(17)16-13(2,3)9-18-4/h6-8,15H,5,9H2,1-4H3,(H,16,17). The minimum absolute atomic E-state index is 0.129. The van der Waals surface area contributed by atoms with E-state index in [0.29, 0.717) is 12.2 Å². The number of ether oxygens (including phenoxy) is 1. The molecule has 1 aromatic heterocycles. The number of hydrogen-bond acceptors (Lipinski definition) is 4. The van der Waals surface area contributed by atoms with Gasteiger partial charge in [-0.15, -0.1) is 0 Å².